The average molecular weight is 409 g/mol. The van der Waals surface area contributed by atoms with E-state index in [0.717, 1.165) is 18.4 Å². The summed E-state index contributed by atoms with van der Waals surface area (Å²) in [5.74, 6) is -0.606. The molecular formula is C20H29ClN4O3. The number of nitrogens with two attached hydrogens (primary N) is 1. The number of fused-ring (bicyclic) bond motifs is 1. The van der Waals surface area contributed by atoms with Crippen LogP contribution in [0.2, 0.25) is 0 Å². The third kappa shape index (κ3) is 4.83. The standard InChI is InChI=1S/C20H28N4O3.ClH/c1-2-15(21)18(25)23-16-10-8-14-9-11-17(24(14)20(16)27)19(26)22-12-13-6-4-3-5-7-13;/h3-7,14-17H,2,8-12,21H2,1H3,(H,22,26)(H,23,25);1H/t14-,15-,16?,17-;/m0./s1. The van der Waals surface area contributed by atoms with E-state index in [9.17, 15) is 14.4 Å². The van der Waals surface area contributed by atoms with Crippen molar-refractivity contribution in [3.8, 4) is 0 Å². The molecule has 28 heavy (non-hydrogen) atoms. The number of hydrogen-bond donors (Lipinski definition) is 3. The van der Waals surface area contributed by atoms with E-state index in [0.29, 0.717) is 25.8 Å². The number of nitrogens with zero attached hydrogens (tertiary/aromatic N) is 1. The fourth-order valence-corrected chi connectivity index (χ4v) is 3.92. The lowest BCUT2D eigenvalue weighted by Crippen LogP contribution is -2.60. The Morgan fingerprint density at radius 3 is 2.54 bits per heavy atom. The number of nitrogens with one attached hydrogen (secondary N) is 2. The van der Waals surface area contributed by atoms with Crippen molar-refractivity contribution in [2.45, 2.75) is 69.7 Å². The zero-order valence-corrected chi connectivity index (χ0v) is 16.9. The van der Waals surface area contributed by atoms with Crippen molar-refractivity contribution in [1.29, 1.82) is 0 Å². The van der Waals surface area contributed by atoms with Crippen LogP contribution < -0.4 is 16.4 Å². The third-order valence-electron chi connectivity index (χ3n) is 5.55. The van der Waals surface area contributed by atoms with Crippen molar-refractivity contribution in [1.82, 2.24) is 15.5 Å². The molecule has 7 nitrogen and oxygen atoms in total. The summed E-state index contributed by atoms with van der Waals surface area (Å²) < 4.78 is 0. The Balaban J connectivity index is 0.00000280. The largest absolute Gasteiger partial charge is 0.350 e. The van der Waals surface area contributed by atoms with Gasteiger partial charge in [0.1, 0.15) is 12.1 Å². The van der Waals surface area contributed by atoms with E-state index >= 15 is 0 Å². The number of hydrogen-bond acceptors (Lipinski definition) is 4. The Morgan fingerprint density at radius 1 is 1.18 bits per heavy atom. The second-order valence-corrected chi connectivity index (χ2v) is 7.35. The van der Waals surface area contributed by atoms with Gasteiger partial charge in [0.05, 0.1) is 6.04 Å². The highest BCUT2D eigenvalue weighted by Crippen LogP contribution is 2.32. The van der Waals surface area contributed by atoms with Crippen LogP contribution in [0.1, 0.15) is 44.6 Å². The first kappa shape index (κ1) is 22.2. The molecule has 2 fully saturated rings. The Bertz CT molecular complexity index is 700. The smallest absolute Gasteiger partial charge is 0.246 e. The Hall–Kier alpha value is -2.12. The quantitative estimate of drug-likeness (QED) is 0.655. The van der Waals surface area contributed by atoms with Crippen molar-refractivity contribution >= 4 is 30.1 Å². The molecule has 2 saturated heterocycles. The van der Waals surface area contributed by atoms with Crippen molar-refractivity contribution in [2.24, 2.45) is 5.73 Å². The molecule has 4 atom stereocenters. The maximum atomic E-state index is 12.9. The molecule has 0 spiro atoms. The lowest BCUT2D eigenvalue weighted by Gasteiger charge is -2.38. The van der Waals surface area contributed by atoms with Gasteiger partial charge >= 0.3 is 0 Å². The summed E-state index contributed by atoms with van der Waals surface area (Å²) in [7, 11) is 0. The van der Waals surface area contributed by atoms with Crippen molar-refractivity contribution < 1.29 is 14.4 Å². The minimum Gasteiger partial charge on any atom is -0.350 e. The molecule has 2 aliphatic heterocycles. The molecule has 2 heterocycles. The number of rotatable bonds is 6. The van der Waals surface area contributed by atoms with Gasteiger partial charge in [0.15, 0.2) is 0 Å². The molecule has 0 aliphatic carbocycles. The number of carbonyl (C=O) groups excluding carboxylic acids is 3. The second-order valence-electron chi connectivity index (χ2n) is 7.35. The maximum absolute atomic E-state index is 12.9. The molecule has 1 aromatic rings. The summed E-state index contributed by atoms with van der Waals surface area (Å²) in [5, 5.41) is 5.70. The van der Waals surface area contributed by atoms with Crippen LogP contribution >= 0.6 is 12.4 Å². The fourth-order valence-electron chi connectivity index (χ4n) is 3.92. The van der Waals surface area contributed by atoms with Crippen LogP contribution in [-0.4, -0.2) is 46.8 Å². The Labute approximate surface area is 171 Å². The van der Waals surface area contributed by atoms with Crippen molar-refractivity contribution in [3.05, 3.63) is 35.9 Å². The van der Waals surface area contributed by atoms with E-state index in [2.05, 4.69) is 10.6 Å². The summed E-state index contributed by atoms with van der Waals surface area (Å²) in [6.45, 7) is 2.27. The van der Waals surface area contributed by atoms with E-state index in [1.165, 1.54) is 0 Å². The summed E-state index contributed by atoms with van der Waals surface area (Å²) in [6.07, 6.45) is 3.39. The van der Waals surface area contributed by atoms with Gasteiger partial charge in [-0.2, -0.15) is 0 Å². The molecule has 154 valence electrons. The highest BCUT2D eigenvalue weighted by atomic mass is 35.5. The number of benzene rings is 1. The first-order valence-electron chi connectivity index (χ1n) is 9.71. The van der Waals surface area contributed by atoms with Crippen molar-refractivity contribution in [2.75, 3.05) is 0 Å². The molecule has 1 aromatic carbocycles. The van der Waals surface area contributed by atoms with Crippen LogP contribution in [-0.2, 0) is 20.9 Å². The van der Waals surface area contributed by atoms with E-state index in [4.69, 9.17) is 5.73 Å². The number of halogens is 1. The monoisotopic (exact) mass is 408 g/mol. The summed E-state index contributed by atoms with van der Waals surface area (Å²) in [5.41, 5.74) is 6.77. The average Bonchev–Trinajstić information content (AvgIpc) is 3.13. The van der Waals surface area contributed by atoms with Gasteiger partial charge in [-0.25, -0.2) is 0 Å². The van der Waals surface area contributed by atoms with Gasteiger partial charge < -0.3 is 21.3 Å². The minimum atomic E-state index is -0.612. The molecule has 3 rings (SSSR count). The zero-order valence-electron chi connectivity index (χ0n) is 16.1. The highest BCUT2D eigenvalue weighted by molar-refractivity contribution is 5.94. The maximum Gasteiger partial charge on any atom is 0.246 e. The predicted molar refractivity (Wildman–Crippen MR) is 109 cm³/mol. The van der Waals surface area contributed by atoms with Gasteiger partial charge in [0.25, 0.3) is 0 Å². The minimum absolute atomic E-state index is 0. The fraction of sp³-hybridized carbons (Fsp3) is 0.550. The molecule has 0 radical (unpaired) electrons. The van der Waals surface area contributed by atoms with E-state index in [1.807, 2.05) is 37.3 Å². The van der Waals surface area contributed by atoms with Gasteiger partial charge in [-0.3, -0.25) is 14.4 Å². The third-order valence-corrected chi connectivity index (χ3v) is 5.55. The molecule has 2 aliphatic rings. The summed E-state index contributed by atoms with van der Waals surface area (Å²) in [6, 6.07) is 8.10. The zero-order chi connectivity index (χ0) is 19.4. The van der Waals surface area contributed by atoms with Crippen LogP contribution in [0.5, 0.6) is 0 Å². The normalized spacial score (nSPS) is 24.7. The summed E-state index contributed by atoms with van der Waals surface area (Å²) >= 11 is 0. The topological polar surface area (TPSA) is 105 Å². The first-order valence-corrected chi connectivity index (χ1v) is 9.71. The predicted octanol–water partition coefficient (Wildman–Crippen LogP) is 1.10. The molecule has 8 heteroatoms. The molecule has 4 N–H and O–H groups in total. The van der Waals surface area contributed by atoms with Crippen molar-refractivity contribution in [3.63, 3.8) is 0 Å². The number of carbonyl (C=O) groups is 3. The molecule has 0 bridgehead atoms. The van der Waals surface area contributed by atoms with E-state index in [1.54, 1.807) is 4.90 Å². The summed E-state index contributed by atoms with van der Waals surface area (Å²) in [4.78, 5) is 39.4. The first-order chi connectivity index (χ1) is 13.0. The van der Waals surface area contributed by atoms with Crippen LogP contribution in [0.3, 0.4) is 0 Å². The van der Waals surface area contributed by atoms with Gasteiger partial charge in [0, 0.05) is 12.6 Å². The Kier molecular flexibility index (Phi) is 7.83. The van der Waals surface area contributed by atoms with Crippen LogP contribution in [0.15, 0.2) is 30.3 Å². The van der Waals surface area contributed by atoms with Crippen LogP contribution in [0, 0.1) is 0 Å². The molecule has 1 unspecified atom stereocenters. The number of piperidine rings is 1. The van der Waals surface area contributed by atoms with Gasteiger partial charge in [-0.15, -0.1) is 12.4 Å². The molecule has 0 aromatic heterocycles. The van der Waals surface area contributed by atoms with Crippen LogP contribution in [0.4, 0.5) is 0 Å². The lowest BCUT2D eigenvalue weighted by atomic mass is 9.97. The van der Waals surface area contributed by atoms with Gasteiger partial charge in [-0.05, 0) is 37.7 Å². The Morgan fingerprint density at radius 2 is 1.86 bits per heavy atom. The second kappa shape index (κ2) is 9.89. The molecule has 0 saturated carbocycles. The van der Waals surface area contributed by atoms with Crippen LogP contribution in [0.25, 0.3) is 0 Å². The van der Waals surface area contributed by atoms with Gasteiger partial charge in [-0.1, -0.05) is 37.3 Å². The highest BCUT2D eigenvalue weighted by Gasteiger charge is 2.46. The van der Waals surface area contributed by atoms with E-state index < -0.39 is 18.1 Å². The lowest BCUT2D eigenvalue weighted by molar-refractivity contribution is -0.146. The molecular weight excluding hydrogens is 380 g/mol. The number of amides is 3. The SMILES string of the molecule is CC[C@H](N)C(=O)NC1CC[C@H]2CC[C@@H](C(=O)NCc3ccccc3)N2C1=O.Cl. The van der Waals surface area contributed by atoms with E-state index in [-0.39, 0.29) is 36.2 Å². The van der Waals surface area contributed by atoms with Gasteiger partial charge in [0.2, 0.25) is 17.7 Å². The molecule has 3 amide bonds.